The summed E-state index contributed by atoms with van der Waals surface area (Å²) in [7, 11) is 0. The van der Waals surface area contributed by atoms with Gasteiger partial charge in [-0.05, 0) is 18.2 Å². The Morgan fingerprint density at radius 1 is 1.50 bits per heavy atom. The van der Waals surface area contributed by atoms with Crippen LogP contribution >= 0.6 is 34.5 Å². The molecule has 1 aromatic carbocycles. The van der Waals surface area contributed by atoms with Crippen LogP contribution in [0.5, 0.6) is 0 Å². The van der Waals surface area contributed by atoms with Crippen LogP contribution < -0.4 is 5.32 Å². The molecule has 7 heteroatoms. The minimum atomic E-state index is -0.672. The monoisotopic (exact) mass is 304 g/mol. The van der Waals surface area contributed by atoms with Gasteiger partial charge in [0.1, 0.15) is 5.82 Å². The van der Waals surface area contributed by atoms with Gasteiger partial charge in [0.05, 0.1) is 17.1 Å². The number of carbonyl (C=O) groups excluding carboxylic acids is 1. The maximum atomic E-state index is 13.5. The topological polar surface area (TPSA) is 42.0 Å². The van der Waals surface area contributed by atoms with Gasteiger partial charge in [0.15, 0.2) is 5.13 Å². The summed E-state index contributed by atoms with van der Waals surface area (Å²) in [6.07, 6.45) is 0. The van der Waals surface area contributed by atoms with Crippen molar-refractivity contribution in [2.45, 2.75) is 5.88 Å². The van der Waals surface area contributed by atoms with Crippen LogP contribution in [0.2, 0.25) is 5.02 Å². The lowest BCUT2D eigenvalue weighted by molar-refractivity contribution is 0.102. The van der Waals surface area contributed by atoms with Crippen molar-refractivity contribution in [2.75, 3.05) is 5.32 Å². The normalized spacial score (nSPS) is 10.4. The number of thiazole rings is 1. The molecule has 0 unspecified atom stereocenters. The van der Waals surface area contributed by atoms with Crippen molar-refractivity contribution in [1.82, 2.24) is 4.98 Å². The molecular weight excluding hydrogens is 298 g/mol. The largest absolute Gasteiger partial charge is 0.298 e. The van der Waals surface area contributed by atoms with Crippen molar-refractivity contribution >= 4 is 45.6 Å². The van der Waals surface area contributed by atoms with Crippen molar-refractivity contribution in [2.24, 2.45) is 0 Å². The van der Waals surface area contributed by atoms with Crippen LogP contribution in [0.15, 0.2) is 23.6 Å². The first-order chi connectivity index (χ1) is 8.60. The van der Waals surface area contributed by atoms with Gasteiger partial charge in [-0.1, -0.05) is 11.6 Å². The quantitative estimate of drug-likeness (QED) is 0.873. The van der Waals surface area contributed by atoms with Gasteiger partial charge >= 0.3 is 0 Å². The number of alkyl halides is 1. The average Bonchev–Trinajstić information content (AvgIpc) is 2.76. The van der Waals surface area contributed by atoms with Crippen LogP contribution in [0.3, 0.4) is 0 Å². The Bertz CT molecular complexity index is 588. The summed E-state index contributed by atoms with van der Waals surface area (Å²) < 4.78 is 13.5. The summed E-state index contributed by atoms with van der Waals surface area (Å²) in [5.41, 5.74) is 0.579. The van der Waals surface area contributed by atoms with Crippen molar-refractivity contribution in [1.29, 1.82) is 0 Å². The lowest BCUT2D eigenvalue weighted by Gasteiger charge is -2.03. The van der Waals surface area contributed by atoms with E-state index in [1.807, 2.05) is 0 Å². The summed E-state index contributed by atoms with van der Waals surface area (Å²) >= 11 is 12.4. The van der Waals surface area contributed by atoms with Crippen LogP contribution in [-0.2, 0) is 5.88 Å². The molecule has 94 valence electrons. The average molecular weight is 305 g/mol. The van der Waals surface area contributed by atoms with E-state index in [9.17, 15) is 9.18 Å². The number of benzene rings is 1. The van der Waals surface area contributed by atoms with Crippen molar-refractivity contribution in [3.63, 3.8) is 0 Å². The maximum Gasteiger partial charge on any atom is 0.260 e. The van der Waals surface area contributed by atoms with Gasteiger partial charge in [-0.25, -0.2) is 9.37 Å². The standard InChI is InChI=1S/C11H7Cl2FN2OS/c12-4-7-5-18-11(15-7)16-10(17)8-2-1-6(13)3-9(8)14/h1-3,5H,4H2,(H,15,16,17). The van der Waals surface area contributed by atoms with Crippen molar-refractivity contribution < 1.29 is 9.18 Å². The molecule has 0 radical (unpaired) electrons. The Balaban J connectivity index is 2.16. The maximum absolute atomic E-state index is 13.5. The molecule has 1 N–H and O–H groups in total. The first-order valence-corrected chi connectivity index (χ1v) is 6.66. The molecule has 0 saturated heterocycles. The molecule has 18 heavy (non-hydrogen) atoms. The number of nitrogens with one attached hydrogen (secondary N) is 1. The van der Waals surface area contributed by atoms with E-state index in [1.165, 1.54) is 23.5 Å². The number of hydrogen-bond acceptors (Lipinski definition) is 3. The fraction of sp³-hybridized carbons (Fsp3) is 0.0909. The van der Waals surface area contributed by atoms with Crippen molar-refractivity contribution in [3.05, 3.63) is 45.7 Å². The van der Waals surface area contributed by atoms with Gasteiger partial charge in [0.25, 0.3) is 5.91 Å². The lowest BCUT2D eigenvalue weighted by atomic mass is 10.2. The molecule has 3 nitrogen and oxygen atoms in total. The molecule has 0 aliphatic rings. The predicted molar refractivity (Wildman–Crippen MR) is 71.0 cm³/mol. The van der Waals surface area contributed by atoms with Gasteiger partial charge in [-0.3, -0.25) is 10.1 Å². The van der Waals surface area contributed by atoms with Gasteiger partial charge in [0.2, 0.25) is 0 Å². The smallest absolute Gasteiger partial charge is 0.260 e. The SMILES string of the molecule is O=C(Nc1nc(CCl)cs1)c1ccc(Cl)cc1F. The minimum Gasteiger partial charge on any atom is -0.298 e. The first-order valence-electron chi connectivity index (χ1n) is 4.87. The predicted octanol–water partition coefficient (Wildman–Crippen LogP) is 3.93. The van der Waals surface area contributed by atoms with E-state index < -0.39 is 11.7 Å². The lowest BCUT2D eigenvalue weighted by Crippen LogP contribution is -2.13. The van der Waals surface area contributed by atoms with Crippen LogP contribution in [0.25, 0.3) is 0 Å². The molecule has 0 fully saturated rings. The van der Waals surface area contributed by atoms with Gasteiger partial charge in [-0.2, -0.15) is 0 Å². The highest BCUT2D eigenvalue weighted by molar-refractivity contribution is 7.14. The highest BCUT2D eigenvalue weighted by Crippen LogP contribution is 2.19. The number of aromatic nitrogens is 1. The number of amides is 1. The number of hydrogen-bond donors (Lipinski definition) is 1. The summed E-state index contributed by atoms with van der Waals surface area (Å²) in [5, 5.41) is 4.84. The summed E-state index contributed by atoms with van der Waals surface area (Å²) in [5.74, 6) is -0.976. The number of nitrogens with zero attached hydrogens (tertiary/aromatic N) is 1. The van der Waals surface area contributed by atoms with E-state index in [2.05, 4.69) is 10.3 Å². The molecule has 0 aliphatic carbocycles. The highest BCUT2D eigenvalue weighted by Gasteiger charge is 2.13. The van der Waals surface area contributed by atoms with Gasteiger partial charge in [-0.15, -0.1) is 22.9 Å². The summed E-state index contributed by atoms with van der Waals surface area (Å²) in [6, 6.07) is 3.86. The van der Waals surface area contributed by atoms with Gasteiger partial charge in [0, 0.05) is 10.4 Å². The molecule has 0 aliphatic heterocycles. The molecule has 0 spiro atoms. The van der Waals surface area contributed by atoms with E-state index in [1.54, 1.807) is 5.38 Å². The molecule has 0 bridgehead atoms. The first kappa shape index (κ1) is 13.3. The molecule has 2 aromatic rings. The Labute approximate surface area is 117 Å². The third kappa shape index (κ3) is 2.98. The Morgan fingerprint density at radius 2 is 2.28 bits per heavy atom. The molecule has 1 amide bonds. The van der Waals surface area contributed by atoms with E-state index in [4.69, 9.17) is 23.2 Å². The van der Waals surface area contributed by atoms with E-state index >= 15 is 0 Å². The van der Waals surface area contributed by atoms with Gasteiger partial charge < -0.3 is 0 Å². The summed E-state index contributed by atoms with van der Waals surface area (Å²) in [6.45, 7) is 0. The zero-order chi connectivity index (χ0) is 13.1. The fourth-order valence-electron chi connectivity index (χ4n) is 1.26. The Morgan fingerprint density at radius 3 is 2.89 bits per heavy atom. The van der Waals surface area contributed by atoms with E-state index in [-0.39, 0.29) is 16.5 Å². The fourth-order valence-corrected chi connectivity index (χ4v) is 2.36. The van der Waals surface area contributed by atoms with E-state index in [0.29, 0.717) is 10.8 Å². The molecule has 0 atom stereocenters. The minimum absolute atomic E-state index is 0.0815. The van der Waals surface area contributed by atoms with Crippen LogP contribution in [-0.4, -0.2) is 10.9 Å². The van der Waals surface area contributed by atoms with Crippen molar-refractivity contribution in [3.8, 4) is 0 Å². The second-order valence-corrected chi connectivity index (χ2v) is 4.92. The third-order valence-electron chi connectivity index (χ3n) is 2.08. The number of anilines is 1. The third-order valence-corrected chi connectivity index (χ3v) is 3.40. The van der Waals surface area contributed by atoms with Crippen LogP contribution in [0.4, 0.5) is 9.52 Å². The molecule has 1 aromatic heterocycles. The Kier molecular flexibility index (Phi) is 4.16. The van der Waals surface area contributed by atoms with Crippen LogP contribution in [0.1, 0.15) is 16.1 Å². The molecule has 1 heterocycles. The molecule has 2 rings (SSSR count). The number of rotatable bonds is 3. The Hall–Kier alpha value is -1.17. The second kappa shape index (κ2) is 5.65. The summed E-state index contributed by atoms with van der Waals surface area (Å²) in [4.78, 5) is 15.8. The van der Waals surface area contributed by atoms with Crippen LogP contribution in [0, 0.1) is 5.82 Å². The zero-order valence-electron chi connectivity index (χ0n) is 8.91. The number of carbonyl (C=O) groups is 1. The second-order valence-electron chi connectivity index (χ2n) is 3.36. The van der Waals surface area contributed by atoms with E-state index in [0.717, 1.165) is 6.07 Å². The molecular formula is C11H7Cl2FN2OS. The zero-order valence-corrected chi connectivity index (χ0v) is 11.2. The molecule has 0 saturated carbocycles. The highest BCUT2D eigenvalue weighted by atomic mass is 35.5. The number of halogens is 3.